The van der Waals surface area contributed by atoms with Crippen molar-refractivity contribution in [3.8, 4) is 17.0 Å². The number of rotatable bonds is 4. The zero-order valence-electron chi connectivity index (χ0n) is 12.1. The molecule has 1 aromatic carbocycles. The molecule has 9 heteroatoms. The van der Waals surface area contributed by atoms with E-state index in [-0.39, 0.29) is 17.0 Å². The van der Waals surface area contributed by atoms with E-state index in [4.69, 9.17) is 16.7 Å². The van der Waals surface area contributed by atoms with E-state index in [0.29, 0.717) is 16.3 Å². The maximum absolute atomic E-state index is 12.1. The van der Waals surface area contributed by atoms with Crippen LogP contribution in [0.5, 0.6) is 5.75 Å². The Labute approximate surface area is 140 Å². The number of carbonyl (C=O) groups excluding carboxylic acids is 1. The molecule has 8 nitrogen and oxygen atoms in total. The summed E-state index contributed by atoms with van der Waals surface area (Å²) in [6.07, 6.45) is 1.23. The fraction of sp³-hybridized carbons (Fsp3) is 0.0667. The Balaban J connectivity index is 2.13. The first-order chi connectivity index (χ1) is 11.5. The fourth-order valence-electron chi connectivity index (χ4n) is 2.28. The monoisotopic (exact) mass is 346 g/mol. The van der Waals surface area contributed by atoms with Gasteiger partial charge in [-0.1, -0.05) is 23.7 Å². The number of aromatic hydroxyl groups is 1. The van der Waals surface area contributed by atoms with Gasteiger partial charge in [0.25, 0.3) is 5.91 Å². The number of fused-ring (bicyclic) bond motifs is 1. The third-order valence-corrected chi connectivity index (χ3v) is 3.51. The van der Waals surface area contributed by atoms with Gasteiger partial charge in [-0.25, -0.2) is 9.50 Å². The van der Waals surface area contributed by atoms with E-state index in [2.05, 4.69) is 15.4 Å². The van der Waals surface area contributed by atoms with E-state index in [1.807, 2.05) is 0 Å². The van der Waals surface area contributed by atoms with E-state index in [1.54, 1.807) is 24.3 Å². The number of aliphatic carboxylic acids is 1. The number of nitrogens with one attached hydrogen (secondary N) is 1. The van der Waals surface area contributed by atoms with Gasteiger partial charge in [-0.05, 0) is 12.1 Å². The molecule has 3 aromatic rings. The minimum absolute atomic E-state index is 0.105. The number of aromatic nitrogens is 3. The minimum atomic E-state index is -1.20. The molecule has 0 aliphatic heterocycles. The minimum Gasteiger partial charge on any atom is -0.507 e. The lowest BCUT2D eigenvalue weighted by atomic mass is 10.1. The maximum atomic E-state index is 12.1. The topological polar surface area (TPSA) is 117 Å². The normalized spacial score (nSPS) is 10.7. The first-order valence-corrected chi connectivity index (χ1v) is 7.17. The van der Waals surface area contributed by atoms with Gasteiger partial charge >= 0.3 is 5.97 Å². The Morgan fingerprint density at radius 3 is 2.79 bits per heavy atom. The molecule has 2 aromatic heterocycles. The van der Waals surface area contributed by atoms with Crippen LogP contribution in [0.15, 0.2) is 36.7 Å². The molecular formula is C15H11ClN4O4. The summed E-state index contributed by atoms with van der Waals surface area (Å²) in [6.45, 7) is -0.575. The molecule has 0 radical (unpaired) electrons. The van der Waals surface area contributed by atoms with Crippen LogP contribution in [0.25, 0.3) is 16.9 Å². The SMILES string of the molecule is O=C(O)CNC(=O)c1c(O)cc(-c2cccc(Cl)c2)n2ncnc12. The summed E-state index contributed by atoms with van der Waals surface area (Å²) in [7, 11) is 0. The van der Waals surface area contributed by atoms with Gasteiger partial charge < -0.3 is 15.5 Å². The molecular weight excluding hydrogens is 336 g/mol. The molecule has 0 aliphatic rings. The summed E-state index contributed by atoms with van der Waals surface area (Å²) >= 11 is 5.98. The Morgan fingerprint density at radius 2 is 2.08 bits per heavy atom. The van der Waals surface area contributed by atoms with Crippen LogP contribution in [0.2, 0.25) is 5.02 Å². The van der Waals surface area contributed by atoms with Gasteiger partial charge in [0.2, 0.25) is 0 Å². The van der Waals surface area contributed by atoms with Crippen LogP contribution in [0.1, 0.15) is 10.4 Å². The second-order valence-electron chi connectivity index (χ2n) is 4.87. The lowest BCUT2D eigenvalue weighted by Crippen LogP contribution is -2.29. The molecule has 3 rings (SSSR count). The third-order valence-electron chi connectivity index (χ3n) is 3.28. The van der Waals surface area contributed by atoms with E-state index >= 15 is 0 Å². The van der Waals surface area contributed by atoms with Gasteiger partial charge in [0.05, 0.1) is 5.69 Å². The van der Waals surface area contributed by atoms with Crippen LogP contribution in [0.4, 0.5) is 0 Å². The highest BCUT2D eigenvalue weighted by molar-refractivity contribution is 6.30. The number of hydrogen-bond donors (Lipinski definition) is 3. The summed E-state index contributed by atoms with van der Waals surface area (Å²) in [5.41, 5.74) is 1.11. The van der Waals surface area contributed by atoms with Crippen molar-refractivity contribution in [3.05, 3.63) is 47.2 Å². The summed E-state index contributed by atoms with van der Waals surface area (Å²) in [5, 5.41) is 25.7. The van der Waals surface area contributed by atoms with Crippen LogP contribution < -0.4 is 5.32 Å². The van der Waals surface area contributed by atoms with E-state index in [0.717, 1.165) is 0 Å². The Kier molecular flexibility index (Phi) is 4.05. The molecule has 0 spiro atoms. The number of nitrogens with zero attached hydrogens (tertiary/aromatic N) is 3. The highest BCUT2D eigenvalue weighted by Crippen LogP contribution is 2.30. The Bertz CT molecular complexity index is 954. The van der Waals surface area contributed by atoms with E-state index in [9.17, 15) is 14.7 Å². The number of amides is 1. The van der Waals surface area contributed by atoms with Crippen molar-refractivity contribution < 1.29 is 19.8 Å². The molecule has 0 saturated carbocycles. The number of hydrogen-bond acceptors (Lipinski definition) is 5. The third kappa shape index (κ3) is 2.86. The number of halogens is 1. The first kappa shape index (κ1) is 15.8. The molecule has 24 heavy (non-hydrogen) atoms. The highest BCUT2D eigenvalue weighted by atomic mass is 35.5. The zero-order valence-corrected chi connectivity index (χ0v) is 12.9. The van der Waals surface area contributed by atoms with E-state index in [1.165, 1.54) is 16.9 Å². The molecule has 2 heterocycles. The average molecular weight is 347 g/mol. The van der Waals surface area contributed by atoms with Crippen LogP contribution in [-0.4, -0.2) is 43.2 Å². The van der Waals surface area contributed by atoms with Gasteiger partial charge in [0.1, 0.15) is 24.2 Å². The highest BCUT2D eigenvalue weighted by Gasteiger charge is 2.21. The van der Waals surface area contributed by atoms with Gasteiger partial charge in [-0.3, -0.25) is 9.59 Å². The quantitative estimate of drug-likeness (QED) is 0.660. The summed E-state index contributed by atoms with van der Waals surface area (Å²) in [5.74, 6) is -2.30. The second-order valence-corrected chi connectivity index (χ2v) is 5.31. The molecule has 0 bridgehead atoms. The molecule has 0 saturated heterocycles. The van der Waals surface area contributed by atoms with Gasteiger partial charge in [0.15, 0.2) is 5.65 Å². The number of pyridine rings is 1. The number of carbonyl (C=O) groups is 2. The zero-order chi connectivity index (χ0) is 17.3. The van der Waals surface area contributed by atoms with Crippen LogP contribution in [0.3, 0.4) is 0 Å². The second kappa shape index (κ2) is 6.17. The number of carboxylic acid groups (broad SMARTS) is 1. The lowest BCUT2D eigenvalue weighted by molar-refractivity contribution is -0.135. The average Bonchev–Trinajstić information content (AvgIpc) is 3.01. The van der Waals surface area contributed by atoms with E-state index < -0.39 is 18.4 Å². The first-order valence-electron chi connectivity index (χ1n) is 6.79. The number of carboxylic acids is 1. The van der Waals surface area contributed by atoms with Crippen molar-refractivity contribution in [2.75, 3.05) is 6.54 Å². The molecule has 0 unspecified atom stereocenters. The fourth-order valence-corrected chi connectivity index (χ4v) is 2.47. The molecule has 0 aliphatic carbocycles. The summed E-state index contributed by atoms with van der Waals surface area (Å²) < 4.78 is 1.38. The standard InChI is InChI=1S/C15H11ClN4O4/c16-9-3-1-2-8(4-9)10-5-11(21)13(14-18-7-19-20(10)14)15(24)17-6-12(22)23/h1-5,7,21H,6H2,(H,17,24)(H,22,23). The number of benzene rings is 1. The maximum Gasteiger partial charge on any atom is 0.322 e. The van der Waals surface area contributed by atoms with Crippen molar-refractivity contribution >= 4 is 29.1 Å². The molecule has 0 fully saturated rings. The smallest absolute Gasteiger partial charge is 0.322 e. The predicted molar refractivity (Wildman–Crippen MR) is 85.1 cm³/mol. The van der Waals surface area contributed by atoms with Crippen molar-refractivity contribution in [1.29, 1.82) is 0 Å². The van der Waals surface area contributed by atoms with Crippen molar-refractivity contribution in [2.45, 2.75) is 0 Å². The molecule has 3 N–H and O–H groups in total. The molecule has 0 atom stereocenters. The van der Waals surface area contributed by atoms with Crippen LogP contribution in [-0.2, 0) is 4.79 Å². The van der Waals surface area contributed by atoms with Crippen molar-refractivity contribution in [3.63, 3.8) is 0 Å². The largest absolute Gasteiger partial charge is 0.507 e. The Morgan fingerprint density at radius 1 is 1.29 bits per heavy atom. The van der Waals surface area contributed by atoms with Gasteiger partial charge in [0, 0.05) is 16.7 Å². The van der Waals surface area contributed by atoms with Crippen LogP contribution in [0, 0.1) is 0 Å². The van der Waals surface area contributed by atoms with Crippen molar-refractivity contribution in [2.24, 2.45) is 0 Å². The Hall–Kier alpha value is -3.13. The van der Waals surface area contributed by atoms with Crippen LogP contribution >= 0.6 is 11.6 Å². The predicted octanol–water partition coefficient (Wildman–Crippen LogP) is 1.57. The van der Waals surface area contributed by atoms with Gasteiger partial charge in [-0.2, -0.15) is 5.10 Å². The molecule has 1 amide bonds. The van der Waals surface area contributed by atoms with Crippen molar-refractivity contribution in [1.82, 2.24) is 19.9 Å². The summed E-state index contributed by atoms with van der Waals surface area (Å²) in [4.78, 5) is 26.7. The van der Waals surface area contributed by atoms with Gasteiger partial charge in [-0.15, -0.1) is 0 Å². The summed E-state index contributed by atoms with van der Waals surface area (Å²) in [6, 6.07) is 8.25. The molecule has 122 valence electrons. The lowest BCUT2D eigenvalue weighted by Gasteiger charge is -2.11.